The summed E-state index contributed by atoms with van der Waals surface area (Å²) in [6.45, 7) is -0.690. The van der Waals surface area contributed by atoms with Gasteiger partial charge >= 0.3 is 5.97 Å². The zero-order valence-corrected chi connectivity index (χ0v) is 13.9. The number of nitrogens with one attached hydrogen (secondary N) is 1. The van der Waals surface area contributed by atoms with Gasteiger partial charge in [-0.2, -0.15) is 0 Å². The van der Waals surface area contributed by atoms with Crippen LogP contribution in [-0.2, 0) is 9.53 Å². The van der Waals surface area contributed by atoms with Gasteiger partial charge in [-0.05, 0) is 18.2 Å². The molecule has 2 aromatic carbocycles. The molecule has 0 saturated carbocycles. The van der Waals surface area contributed by atoms with Gasteiger partial charge in [-0.15, -0.1) is 0 Å². The van der Waals surface area contributed by atoms with Gasteiger partial charge in [0.25, 0.3) is 17.5 Å². The molecular formula is C16H12ClN3O6. The van der Waals surface area contributed by atoms with Gasteiger partial charge in [-0.25, -0.2) is 4.79 Å². The maximum absolute atomic E-state index is 12.0. The molecule has 134 valence electrons. The number of esters is 1. The lowest BCUT2D eigenvalue weighted by Gasteiger charge is -2.09. The van der Waals surface area contributed by atoms with E-state index in [9.17, 15) is 24.5 Å². The highest BCUT2D eigenvalue weighted by Gasteiger charge is 2.18. The molecule has 2 rings (SSSR count). The number of para-hydroxylation sites is 1. The molecule has 0 aromatic heterocycles. The molecule has 0 radical (unpaired) electrons. The molecule has 9 nitrogen and oxygen atoms in total. The Morgan fingerprint density at radius 2 is 1.85 bits per heavy atom. The van der Waals surface area contributed by atoms with E-state index in [1.165, 1.54) is 18.2 Å². The number of halogens is 1. The Morgan fingerprint density at radius 1 is 1.15 bits per heavy atom. The van der Waals surface area contributed by atoms with Crippen molar-refractivity contribution in [1.82, 2.24) is 0 Å². The van der Waals surface area contributed by atoms with Crippen LogP contribution in [0.15, 0.2) is 42.5 Å². The van der Waals surface area contributed by atoms with E-state index in [1.54, 1.807) is 12.1 Å². The number of non-ortho nitro benzene ring substituents is 1. The Balaban J connectivity index is 2.04. The van der Waals surface area contributed by atoms with Crippen LogP contribution >= 0.6 is 11.6 Å². The Kier molecular flexibility index (Phi) is 5.86. The van der Waals surface area contributed by atoms with Crippen LogP contribution in [0.1, 0.15) is 20.7 Å². The number of hydrogen-bond donors (Lipinski definition) is 2. The van der Waals surface area contributed by atoms with E-state index in [-0.39, 0.29) is 27.5 Å². The van der Waals surface area contributed by atoms with Crippen molar-refractivity contribution in [2.45, 2.75) is 0 Å². The molecule has 3 N–H and O–H groups in total. The summed E-state index contributed by atoms with van der Waals surface area (Å²) in [7, 11) is 0. The smallest absolute Gasteiger partial charge is 0.340 e. The third-order valence-electron chi connectivity index (χ3n) is 3.18. The predicted molar refractivity (Wildman–Crippen MR) is 92.0 cm³/mol. The fourth-order valence-corrected chi connectivity index (χ4v) is 2.18. The average molecular weight is 378 g/mol. The van der Waals surface area contributed by atoms with Crippen molar-refractivity contribution in [2.24, 2.45) is 5.73 Å². The molecule has 0 aliphatic carbocycles. The number of primary amides is 1. The molecule has 10 heteroatoms. The second kappa shape index (κ2) is 8.08. The van der Waals surface area contributed by atoms with Crippen LogP contribution in [0.25, 0.3) is 0 Å². The standard InChI is InChI=1S/C16H12ClN3O6/c17-12-6-5-9(20(24)25)7-11(12)16(23)26-8-14(21)19-13-4-2-1-3-10(13)15(18)22/h1-7H,8H2,(H2,18,22)(H,19,21). The number of nitro benzene ring substituents is 1. The summed E-state index contributed by atoms with van der Waals surface area (Å²) in [5.74, 6) is -2.47. The summed E-state index contributed by atoms with van der Waals surface area (Å²) in [5.41, 5.74) is 4.86. The van der Waals surface area contributed by atoms with Crippen molar-refractivity contribution >= 4 is 40.8 Å². The van der Waals surface area contributed by atoms with Crippen molar-refractivity contribution < 1.29 is 24.0 Å². The van der Waals surface area contributed by atoms with Crippen LogP contribution in [0.4, 0.5) is 11.4 Å². The number of hydrogen-bond acceptors (Lipinski definition) is 6. The zero-order valence-electron chi connectivity index (χ0n) is 13.1. The first kappa shape index (κ1) is 18.9. The first-order valence-corrected chi connectivity index (χ1v) is 7.47. The second-order valence-corrected chi connectivity index (χ2v) is 5.36. The largest absolute Gasteiger partial charge is 0.452 e. The summed E-state index contributed by atoms with van der Waals surface area (Å²) in [5, 5.41) is 13.1. The maximum atomic E-state index is 12.0. The second-order valence-electron chi connectivity index (χ2n) is 4.96. The van der Waals surface area contributed by atoms with Gasteiger partial charge in [0.05, 0.1) is 26.8 Å². The van der Waals surface area contributed by atoms with Gasteiger partial charge in [-0.3, -0.25) is 19.7 Å². The summed E-state index contributed by atoms with van der Waals surface area (Å²) < 4.78 is 4.80. The zero-order chi connectivity index (χ0) is 19.3. The number of ether oxygens (including phenoxy) is 1. The topological polar surface area (TPSA) is 142 Å². The van der Waals surface area contributed by atoms with Crippen molar-refractivity contribution in [1.29, 1.82) is 0 Å². The number of nitro groups is 1. The van der Waals surface area contributed by atoms with Gasteiger partial charge in [-0.1, -0.05) is 23.7 Å². The third-order valence-corrected chi connectivity index (χ3v) is 3.51. The number of amides is 2. The van der Waals surface area contributed by atoms with E-state index in [1.807, 2.05) is 0 Å². The van der Waals surface area contributed by atoms with Gasteiger partial charge in [0.2, 0.25) is 0 Å². The molecular weight excluding hydrogens is 366 g/mol. The molecule has 0 heterocycles. The summed E-state index contributed by atoms with van der Waals surface area (Å²) in [6, 6.07) is 9.29. The van der Waals surface area contributed by atoms with E-state index < -0.39 is 29.3 Å². The number of benzene rings is 2. The minimum atomic E-state index is -1.00. The van der Waals surface area contributed by atoms with Crippen LogP contribution in [0, 0.1) is 10.1 Å². The van der Waals surface area contributed by atoms with Crippen molar-refractivity contribution in [3.63, 3.8) is 0 Å². The highest BCUT2D eigenvalue weighted by molar-refractivity contribution is 6.33. The third kappa shape index (κ3) is 4.54. The van der Waals surface area contributed by atoms with Gasteiger partial charge in [0.1, 0.15) is 0 Å². The average Bonchev–Trinajstić information content (AvgIpc) is 2.60. The first-order valence-electron chi connectivity index (χ1n) is 7.09. The molecule has 0 saturated heterocycles. The summed E-state index contributed by atoms with van der Waals surface area (Å²) in [6.07, 6.45) is 0. The van der Waals surface area contributed by atoms with Crippen molar-refractivity contribution in [3.05, 3.63) is 68.7 Å². The maximum Gasteiger partial charge on any atom is 0.340 e. The molecule has 0 bridgehead atoms. The molecule has 0 fully saturated rings. The molecule has 0 atom stereocenters. The Bertz CT molecular complexity index is 899. The van der Waals surface area contributed by atoms with Gasteiger partial charge in [0.15, 0.2) is 6.61 Å². The summed E-state index contributed by atoms with van der Waals surface area (Å²) >= 11 is 5.82. The predicted octanol–water partition coefficient (Wildman–Crippen LogP) is 2.14. The highest BCUT2D eigenvalue weighted by atomic mass is 35.5. The normalized spacial score (nSPS) is 10.0. The van der Waals surface area contributed by atoms with Crippen LogP contribution in [0.5, 0.6) is 0 Å². The fourth-order valence-electron chi connectivity index (χ4n) is 1.99. The van der Waals surface area contributed by atoms with Gasteiger partial charge < -0.3 is 15.8 Å². The van der Waals surface area contributed by atoms with Crippen LogP contribution in [-0.4, -0.2) is 29.3 Å². The number of anilines is 1. The molecule has 26 heavy (non-hydrogen) atoms. The lowest BCUT2D eigenvalue weighted by Crippen LogP contribution is -2.23. The Labute approximate surface area is 151 Å². The van der Waals surface area contributed by atoms with Crippen molar-refractivity contribution in [2.75, 3.05) is 11.9 Å². The SMILES string of the molecule is NC(=O)c1ccccc1NC(=O)COC(=O)c1cc([N+](=O)[O-])ccc1Cl. The first-order chi connectivity index (χ1) is 12.3. The van der Waals surface area contributed by atoms with Gasteiger partial charge in [0, 0.05) is 12.1 Å². The number of nitrogens with two attached hydrogens (primary N) is 1. The fraction of sp³-hybridized carbons (Fsp3) is 0.0625. The Hall–Kier alpha value is -3.46. The molecule has 0 aliphatic rings. The molecule has 2 aromatic rings. The number of carbonyl (C=O) groups is 3. The summed E-state index contributed by atoms with van der Waals surface area (Å²) in [4.78, 5) is 45.2. The lowest BCUT2D eigenvalue weighted by atomic mass is 10.1. The van der Waals surface area contributed by atoms with Crippen LogP contribution in [0.2, 0.25) is 5.02 Å². The van der Waals surface area contributed by atoms with E-state index in [0.29, 0.717) is 0 Å². The number of carbonyl (C=O) groups excluding carboxylic acids is 3. The number of nitrogens with zero attached hydrogens (tertiary/aromatic N) is 1. The monoisotopic (exact) mass is 377 g/mol. The molecule has 0 spiro atoms. The minimum absolute atomic E-state index is 0.0555. The van der Waals surface area contributed by atoms with E-state index in [4.69, 9.17) is 22.1 Å². The quantitative estimate of drug-likeness (QED) is 0.448. The highest BCUT2D eigenvalue weighted by Crippen LogP contribution is 2.22. The Morgan fingerprint density at radius 3 is 2.50 bits per heavy atom. The molecule has 0 unspecified atom stereocenters. The number of rotatable bonds is 6. The minimum Gasteiger partial charge on any atom is -0.452 e. The lowest BCUT2D eigenvalue weighted by molar-refractivity contribution is -0.384. The van der Waals surface area contributed by atoms with Crippen molar-refractivity contribution in [3.8, 4) is 0 Å². The molecule has 2 amide bonds. The van der Waals surface area contributed by atoms with Crippen LogP contribution < -0.4 is 11.1 Å². The van der Waals surface area contributed by atoms with E-state index in [2.05, 4.69) is 5.32 Å². The molecule has 0 aliphatic heterocycles. The van der Waals surface area contributed by atoms with E-state index in [0.717, 1.165) is 12.1 Å². The van der Waals surface area contributed by atoms with Crippen LogP contribution in [0.3, 0.4) is 0 Å². The van der Waals surface area contributed by atoms with E-state index >= 15 is 0 Å².